The summed E-state index contributed by atoms with van der Waals surface area (Å²) in [5.41, 5.74) is 20.0. The SMILES string of the molecule is C1=CCC2C(=C1)N(c1ccccc1)c1ccc(-c3ccc(C4(c5ccccc5)c5ccccc5C5(c6ccccc6)c6ccccc6-c6cccc4c65)cc3)cc12. The van der Waals surface area contributed by atoms with Gasteiger partial charge in [0.25, 0.3) is 0 Å². The Labute approximate surface area is 334 Å². The molecule has 0 spiro atoms. The molecule has 268 valence electrons. The summed E-state index contributed by atoms with van der Waals surface area (Å²) in [6, 6.07) is 75.3. The average molecular weight is 726 g/mol. The minimum Gasteiger partial charge on any atom is -0.313 e. The topological polar surface area (TPSA) is 3.24 Å². The Balaban J connectivity index is 1.07. The van der Waals surface area contributed by atoms with E-state index < -0.39 is 10.8 Å². The molecule has 12 rings (SSSR count). The number of anilines is 2. The minimum absolute atomic E-state index is 0.346. The van der Waals surface area contributed by atoms with Gasteiger partial charge >= 0.3 is 0 Å². The van der Waals surface area contributed by atoms with Gasteiger partial charge in [-0.15, -0.1) is 0 Å². The fourth-order valence-electron chi connectivity index (χ4n) is 11.1. The molecule has 8 aromatic carbocycles. The molecule has 8 aromatic rings. The highest BCUT2D eigenvalue weighted by Gasteiger charge is 2.57. The molecule has 3 atom stereocenters. The zero-order chi connectivity index (χ0) is 37.6. The van der Waals surface area contributed by atoms with Crippen molar-refractivity contribution in [3.8, 4) is 22.3 Å². The Morgan fingerprint density at radius 2 is 1.00 bits per heavy atom. The Hall–Kier alpha value is -6.96. The van der Waals surface area contributed by atoms with E-state index >= 15 is 0 Å². The van der Waals surface area contributed by atoms with E-state index in [2.05, 4.69) is 223 Å². The molecule has 1 heterocycles. The van der Waals surface area contributed by atoms with Crippen LogP contribution in [-0.2, 0) is 10.8 Å². The van der Waals surface area contributed by atoms with Crippen molar-refractivity contribution in [1.82, 2.24) is 0 Å². The van der Waals surface area contributed by atoms with Gasteiger partial charge in [-0.25, -0.2) is 0 Å². The Morgan fingerprint density at radius 1 is 0.439 bits per heavy atom. The summed E-state index contributed by atoms with van der Waals surface area (Å²) in [4.78, 5) is 2.45. The molecule has 0 aromatic heterocycles. The normalized spacial score (nSPS) is 20.5. The Bertz CT molecular complexity index is 2920. The first-order valence-corrected chi connectivity index (χ1v) is 20.2. The third-order valence-corrected chi connectivity index (χ3v) is 13.3. The van der Waals surface area contributed by atoms with Crippen molar-refractivity contribution in [2.24, 2.45) is 0 Å². The van der Waals surface area contributed by atoms with Crippen LogP contribution in [-0.4, -0.2) is 0 Å². The summed E-state index contributed by atoms with van der Waals surface area (Å²) in [7, 11) is 0. The predicted octanol–water partition coefficient (Wildman–Crippen LogP) is 13.5. The van der Waals surface area contributed by atoms with Gasteiger partial charge in [-0.05, 0) is 109 Å². The quantitative estimate of drug-likeness (QED) is 0.171. The summed E-state index contributed by atoms with van der Waals surface area (Å²) >= 11 is 0. The summed E-state index contributed by atoms with van der Waals surface area (Å²) in [6.07, 6.45) is 7.83. The number of hydrogen-bond acceptors (Lipinski definition) is 1. The second-order valence-corrected chi connectivity index (χ2v) is 15.9. The Morgan fingerprint density at radius 3 is 1.74 bits per heavy atom. The lowest BCUT2D eigenvalue weighted by Crippen LogP contribution is -2.44. The van der Waals surface area contributed by atoms with E-state index in [1.54, 1.807) is 0 Å². The highest BCUT2D eigenvalue weighted by molar-refractivity contribution is 5.92. The molecule has 57 heavy (non-hydrogen) atoms. The molecule has 4 aliphatic rings. The second-order valence-electron chi connectivity index (χ2n) is 15.9. The number of hydrogen-bond donors (Lipinski definition) is 0. The van der Waals surface area contributed by atoms with Crippen LogP contribution < -0.4 is 4.90 Å². The van der Waals surface area contributed by atoms with Crippen LogP contribution in [0.1, 0.15) is 62.4 Å². The van der Waals surface area contributed by atoms with Gasteiger partial charge in [0.05, 0.1) is 10.8 Å². The first kappa shape index (κ1) is 32.3. The molecule has 3 unspecified atom stereocenters. The number of allylic oxidation sites excluding steroid dienone is 4. The lowest BCUT2D eigenvalue weighted by atomic mass is 9.51. The number of rotatable bonds is 5. The van der Waals surface area contributed by atoms with Gasteiger partial charge in [0.15, 0.2) is 0 Å². The monoisotopic (exact) mass is 725 g/mol. The van der Waals surface area contributed by atoms with E-state index in [0.29, 0.717) is 5.92 Å². The van der Waals surface area contributed by atoms with Crippen LogP contribution in [0.4, 0.5) is 11.4 Å². The van der Waals surface area contributed by atoms with E-state index in [0.717, 1.165) is 6.42 Å². The summed E-state index contributed by atoms with van der Waals surface area (Å²) in [5.74, 6) is 0.346. The van der Waals surface area contributed by atoms with Crippen LogP contribution in [0.25, 0.3) is 22.3 Å². The van der Waals surface area contributed by atoms with Crippen molar-refractivity contribution in [2.75, 3.05) is 4.90 Å². The van der Waals surface area contributed by atoms with E-state index in [1.807, 2.05) is 0 Å². The molecular formula is C56H39N. The lowest BCUT2D eigenvalue weighted by Gasteiger charge is -2.49. The van der Waals surface area contributed by atoms with Crippen LogP contribution in [0.15, 0.2) is 224 Å². The fraction of sp³-hybridized carbons (Fsp3) is 0.0714. The van der Waals surface area contributed by atoms with Crippen molar-refractivity contribution < 1.29 is 0 Å². The third-order valence-electron chi connectivity index (χ3n) is 13.3. The number of benzene rings is 8. The van der Waals surface area contributed by atoms with E-state index in [-0.39, 0.29) is 0 Å². The van der Waals surface area contributed by atoms with Crippen LogP contribution >= 0.6 is 0 Å². The summed E-state index contributed by atoms with van der Waals surface area (Å²) < 4.78 is 0. The highest BCUT2D eigenvalue weighted by atomic mass is 15.2. The molecule has 0 N–H and O–H groups in total. The van der Waals surface area contributed by atoms with Gasteiger partial charge in [0.1, 0.15) is 0 Å². The van der Waals surface area contributed by atoms with Crippen molar-refractivity contribution in [1.29, 1.82) is 0 Å². The van der Waals surface area contributed by atoms with E-state index in [9.17, 15) is 0 Å². The van der Waals surface area contributed by atoms with Gasteiger partial charge in [0, 0.05) is 23.0 Å². The van der Waals surface area contributed by atoms with E-state index in [1.165, 1.54) is 89.4 Å². The summed E-state index contributed by atoms with van der Waals surface area (Å²) in [5, 5.41) is 0. The van der Waals surface area contributed by atoms with Gasteiger partial charge in [-0.2, -0.15) is 0 Å². The molecule has 0 fully saturated rings. The molecular weight excluding hydrogens is 687 g/mol. The predicted molar refractivity (Wildman–Crippen MR) is 234 cm³/mol. The molecule has 0 radical (unpaired) electrons. The van der Waals surface area contributed by atoms with Crippen molar-refractivity contribution >= 4 is 11.4 Å². The number of para-hydroxylation sites is 1. The van der Waals surface area contributed by atoms with Gasteiger partial charge in [0.2, 0.25) is 0 Å². The summed E-state index contributed by atoms with van der Waals surface area (Å²) in [6.45, 7) is 0. The number of nitrogens with zero attached hydrogens (tertiary/aromatic N) is 1. The molecule has 1 nitrogen and oxygen atoms in total. The van der Waals surface area contributed by atoms with Crippen LogP contribution in [0, 0.1) is 0 Å². The first-order valence-electron chi connectivity index (χ1n) is 20.2. The van der Waals surface area contributed by atoms with Crippen molar-refractivity contribution in [3.63, 3.8) is 0 Å². The fourth-order valence-corrected chi connectivity index (χ4v) is 11.1. The van der Waals surface area contributed by atoms with Gasteiger partial charge in [-0.3, -0.25) is 0 Å². The molecule has 1 heteroatoms. The zero-order valence-electron chi connectivity index (χ0n) is 31.5. The van der Waals surface area contributed by atoms with Crippen LogP contribution in [0.2, 0.25) is 0 Å². The molecule has 0 saturated carbocycles. The molecule has 3 aliphatic carbocycles. The largest absolute Gasteiger partial charge is 0.313 e. The molecule has 1 aliphatic heterocycles. The maximum atomic E-state index is 2.45. The van der Waals surface area contributed by atoms with Crippen LogP contribution in [0.3, 0.4) is 0 Å². The average Bonchev–Trinajstić information content (AvgIpc) is 3.79. The lowest BCUT2D eigenvalue weighted by molar-refractivity contribution is 0.627. The van der Waals surface area contributed by atoms with E-state index in [4.69, 9.17) is 0 Å². The van der Waals surface area contributed by atoms with Gasteiger partial charge in [-0.1, -0.05) is 188 Å². The highest BCUT2D eigenvalue weighted by Crippen LogP contribution is 2.65. The maximum absolute atomic E-state index is 2.45. The molecule has 0 amide bonds. The maximum Gasteiger partial charge on any atom is 0.0720 e. The van der Waals surface area contributed by atoms with Gasteiger partial charge < -0.3 is 4.90 Å². The number of fused-ring (bicyclic) bond motifs is 8. The smallest absolute Gasteiger partial charge is 0.0720 e. The second kappa shape index (κ2) is 12.3. The standard InChI is InChI=1S/C56H39N/c1-4-17-40(18-5-1)55(42-34-31-38(32-35-42)39-33-36-53-47(37-39)45-24-11-15-30-52(45)57(53)43-21-8-3-9-22-43)49-27-13-14-28-50(49)56(41-19-6-2-7-20-41)48-26-12-10-23-44(48)46-25-16-29-51(55)54(46)56/h1-23,25-37,45H,24H2. The zero-order valence-corrected chi connectivity index (χ0v) is 31.5. The molecule has 0 saturated heterocycles. The van der Waals surface area contributed by atoms with Crippen molar-refractivity contribution in [2.45, 2.75) is 23.2 Å². The first-order chi connectivity index (χ1) is 28.3. The Kier molecular flexibility index (Phi) is 6.95. The molecule has 0 bridgehead atoms. The third kappa shape index (κ3) is 4.29. The minimum atomic E-state index is -0.551. The van der Waals surface area contributed by atoms with Crippen molar-refractivity contribution in [3.05, 3.63) is 274 Å². The van der Waals surface area contributed by atoms with Crippen LogP contribution in [0.5, 0.6) is 0 Å².